The van der Waals surface area contributed by atoms with Gasteiger partial charge in [-0.15, -0.1) is 11.3 Å². The minimum absolute atomic E-state index is 0.184. The van der Waals surface area contributed by atoms with Crippen molar-refractivity contribution in [2.45, 2.75) is 44.7 Å². The Morgan fingerprint density at radius 2 is 1.95 bits per heavy atom. The minimum Gasteiger partial charge on any atom is -0.326 e. The summed E-state index contributed by atoms with van der Waals surface area (Å²) in [6, 6.07) is 10.8. The van der Waals surface area contributed by atoms with Gasteiger partial charge in [0.25, 0.3) is 0 Å². The number of likely N-dealkylation sites (tertiary alicyclic amines) is 1. The first-order valence-electron chi connectivity index (χ1n) is 7.91. The van der Waals surface area contributed by atoms with Gasteiger partial charge in [0.15, 0.2) is 0 Å². The molecular weight excluding hydrogens is 290 g/mol. The van der Waals surface area contributed by atoms with Crippen molar-refractivity contribution in [1.29, 1.82) is 0 Å². The van der Waals surface area contributed by atoms with Gasteiger partial charge in [0.1, 0.15) is 5.01 Å². The van der Waals surface area contributed by atoms with Gasteiger partial charge < -0.3 is 5.73 Å². The monoisotopic (exact) mass is 315 g/mol. The van der Waals surface area contributed by atoms with Crippen LogP contribution < -0.4 is 5.73 Å². The van der Waals surface area contributed by atoms with Crippen LogP contribution >= 0.6 is 11.3 Å². The lowest BCUT2D eigenvalue weighted by molar-refractivity contribution is 0.323. The van der Waals surface area contributed by atoms with Crippen LogP contribution in [0.3, 0.4) is 0 Å². The van der Waals surface area contributed by atoms with E-state index in [-0.39, 0.29) is 11.5 Å². The van der Waals surface area contributed by atoms with E-state index in [1.54, 1.807) is 0 Å². The van der Waals surface area contributed by atoms with Gasteiger partial charge in [-0.2, -0.15) is 0 Å². The molecule has 1 aromatic carbocycles. The smallest absolute Gasteiger partial charge is 0.107 e. The van der Waals surface area contributed by atoms with E-state index < -0.39 is 0 Å². The zero-order chi connectivity index (χ0) is 15.7. The first-order chi connectivity index (χ1) is 10.4. The summed E-state index contributed by atoms with van der Waals surface area (Å²) >= 11 is 1.83. The van der Waals surface area contributed by atoms with Gasteiger partial charge in [-0.05, 0) is 11.0 Å². The van der Waals surface area contributed by atoms with Gasteiger partial charge in [0.05, 0.1) is 6.54 Å². The number of aromatic nitrogens is 1. The Bertz CT molecular complexity index is 615. The lowest BCUT2D eigenvalue weighted by atomic mass is 9.95. The van der Waals surface area contributed by atoms with Crippen LogP contribution in [0.2, 0.25) is 0 Å². The zero-order valence-electron chi connectivity index (χ0n) is 13.6. The van der Waals surface area contributed by atoms with E-state index in [0.29, 0.717) is 5.92 Å². The summed E-state index contributed by atoms with van der Waals surface area (Å²) in [6.07, 6.45) is 2.03. The third kappa shape index (κ3) is 3.40. The maximum atomic E-state index is 6.37. The fourth-order valence-electron chi connectivity index (χ4n) is 3.02. The van der Waals surface area contributed by atoms with Crippen LogP contribution in [0.25, 0.3) is 0 Å². The molecule has 0 amide bonds. The molecule has 4 heteroatoms. The second-order valence-electron chi connectivity index (χ2n) is 7.24. The van der Waals surface area contributed by atoms with E-state index in [2.05, 4.69) is 61.0 Å². The second kappa shape index (κ2) is 6.11. The molecule has 118 valence electrons. The molecule has 2 N–H and O–H groups in total. The Morgan fingerprint density at radius 3 is 2.59 bits per heavy atom. The predicted molar refractivity (Wildman–Crippen MR) is 93.2 cm³/mol. The topological polar surface area (TPSA) is 42.2 Å². The van der Waals surface area contributed by atoms with Crippen molar-refractivity contribution in [1.82, 2.24) is 9.88 Å². The molecule has 3 rings (SSSR count). The quantitative estimate of drug-likeness (QED) is 0.944. The molecule has 2 atom stereocenters. The third-order valence-corrected chi connectivity index (χ3v) is 5.73. The maximum absolute atomic E-state index is 6.37. The Kier molecular flexibility index (Phi) is 4.35. The highest BCUT2D eigenvalue weighted by atomic mass is 32.1. The molecule has 2 aromatic rings. The first-order valence-corrected chi connectivity index (χ1v) is 8.73. The van der Waals surface area contributed by atoms with Crippen molar-refractivity contribution in [3.63, 3.8) is 0 Å². The summed E-state index contributed by atoms with van der Waals surface area (Å²) in [5, 5.41) is 1.20. The van der Waals surface area contributed by atoms with Crippen LogP contribution in [-0.2, 0) is 12.0 Å². The second-order valence-corrected chi connectivity index (χ2v) is 8.36. The van der Waals surface area contributed by atoms with Crippen LogP contribution in [0, 0.1) is 0 Å². The molecule has 0 spiro atoms. The first kappa shape index (κ1) is 15.7. The van der Waals surface area contributed by atoms with Crippen LogP contribution in [-0.4, -0.2) is 29.0 Å². The third-order valence-electron chi connectivity index (χ3n) is 4.32. The molecule has 1 saturated heterocycles. The van der Waals surface area contributed by atoms with E-state index in [0.717, 1.165) is 19.6 Å². The highest BCUT2D eigenvalue weighted by molar-refractivity contribution is 7.11. The van der Waals surface area contributed by atoms with Gasteiger partial charge in [0, 0.05) is 36.1 Å². The van der Waals surface area contributed by atoms with Gasteiger partial charge in [-0.3, -0.25) is 4.90 Å². The summed E-state index contributed by atoms with van der Waals surface area (Å²) in [7, 11) is 0. The zero-order valence-corrected chi connectivity index (χ0v) is 14.4. The van der Waals surface area contributed by atoms with Crippen molar-refractivity contribution in [3.8, 4) is 0 Å². The van der Waals surface area contributed by atoms with Gasteiger partial charge in [0.2, 0.25) is 0 Å². The minimum atomic E-state index is 0.184. The molecule has 1 aromatic heterocycles. The Morgan fingerprint density at radius 1 is 1.23 bits per heavy atom. The maximum Gasteiger partial charge on any atom is 0.107 e. The average molecular weight is 315 g/mol. The molecule has 0 radical (unpaired) electrons. The van der Waals surface area contributed by atoms with E-state index in [1.165, 1.54) is 15.4 Å². The lowest BCUT2D eigenvalue weighted by Crippen LogP contribution is -2.28. The Labute approximate surface area is 137 Å². The molecule has 1 aliphatic rings. The summed E-state index contributed by atoms with van der Waals surface area (Å²) in [5.41, 5.74) is 7.91. The Hall–Kier alpha value is -1.23. The fourth-order valence-corrected chi connectivity index (χ4v) is 4.03. The number of hydrogen-bond donors (Lipinski definition) is 1. The van der Waals surface area contributed by atoms with E-state index in [1.807, 2.05) is 17.5 Å². The van der Waals surface area contributed by atoms with Crippen LogP contribution in [0.15, 0.2) is 36.5 Å². The number of benzene rings is 1. The molecule has 1 aliphatic heterocycles. The standard InChI is InChI=1S/C18H25N3S/c1-18(2,3)16-9-20-17(22-16)12-21-10-14(15(19)11-21)13-7-5-4-6-8-13/h4-9,14-15H,10-12,19H2,1-3H3/t14-,15+/m0/s1. The molecule has 1 fully saturated rings. The van der Waals surface area contributed by atoms with Crippen molar-refractivity contribution >= 4 is 11.3 Å². The van der Waals surface area contributed by atoms with Crippen molar-refractivity contribution < 1.29 is 0 Å². The fraction of sp³-hybridized carbons (Fsp3) is 0.500. The number of thiazole rings is 1. The van der Waals surface area contributed by atoms with Crippen molar-refractivity contribution in [2.75, 3.05) is 13.1 Å². The van der Waals surface area contributed by atoms with E-state index in [9.17, 15) is 0 Å². The number of rotatable bonds is 3. The van der Waals surface area contributed by atoms with Crippen LogP contribution in [0.5, 0.6) is 0 Å². The summed E-state index contributed by atoms with van der Waals surface area (Å²) < 4.78 is 0. The van der Waals surface area contributed by atoms with Crippen LogP contribution in [0.4, 0.5) is 0 Å². The highest BCUT2D eigenvalue weighted by Gasteiger charge is 2.31. The summed E-state index contributed by atoms with van der Waals surface area (Å²) in [6.45, 7) is 9.60. The highest BCUT2D eigenvalue weighted by Crippen LogP contribution is 2.31. The van der Waals surface area contributed by atoms with Crippen molar-refractivity contribution in [3.05, 3.63) is 52.0 Å². The molecule has 22 heavy (non-hydrogen) atoms. The van der Waals surface area contributed by atoms with Gasteiger partial charge in [-0.1, -0.05) is 51.1 Å². The lowest BCUT2D eigenvalue weighted by Gasteiger charge is -2.16. The SMILES string of the molecule is CC(C)(C)c1cnc(CN2C[C@@H](N)[C@H](c3ccccc3)C2)s1. The van der Waals surface area contributed by atoms with E-state index in [4.69, 9.17) is 5.73 Å². The largest absolute Gasteiger partial charge is 0.326 e. The molecule has 0 unspecified atom stereocenters. The molecule has 2 heterocycles. The van der Waals surface area contributed by atoms with Gasteiger partial charge >= 0.3 is 0 Å². The number of nitrogens with two attached hydrogens (primary N) is 1. The predicted octanol–water partition coefficient (Wildman–Crippen LogP) is 3.37. The molecule has 0 saturated carbocycles. The summed E-state index contributed by atoms with van der Waals surface area (Å²) in [5.74, 6) is 0.434. The molecular formula is C18H25N3S. The molecule has 0 aliphatic carbocycles. The average Bonchev–Trinajstić information content (AvgIpc) is 3.07. The van der Waals surface area contributed by atoms with Crippen LogP contribution in [0.1, 0.15) is 42.1 Å². The summed E-state index contributed by atoms with van der Waals surface area (Å²) in [4.78, 5) is 8.40. The molecule has 3 nitrogen and oxygen atoms in total. The van der Waals surface area contributed by atoms with Gasteiger partial charge in [-0.25, -0.2) is 4.98 Å². The molecule has 0 bridgehead atoms. The number of hydrogen-bond acceptors (Lipinski definition) is 4. The number of nitrogens with zero attached hydrogens (tertiary/aromatic N) is 2. The normalized spacial score (nSPS) is 23.1. The van der Waals surface area contributed by atoms with E-state index >= 15 is 0 Å². The van der Waals surface area contributed by atoms with Crippen molar-refractivity contribution in [2.24, 2.45) is 5.73 Å². The Balaban J connectivity index is 1.66.